The van der Waals surface area contributed by atoms with Crippen LogP contribution in [0.15, 0.2) is 29.4 Å². The number of hydrogen-bond acceptors (Lipinski definition) is 5. The summed E-state index contributed by atoms with van der Waals surface area (Å²) in [5.41, 5.74) is 3.94. The van der Waals surface area contributed by atoms with Gasteiger partial charge >= 0.3 is 0 Å². The number of ether oxygens (including phenoxy) is 1. The normalized spacial score (nSPS) is 18.3. The summed E-state index contributed by atoms with van der Waals surface area (Å²) in [6.45, 7) is 1.11. The minimum Gasteiger partial charge on any atom is -0.370 e. The van der Waals surface area contributed by atoms with Crippen LogP contribution in [0.2, 0.25) is 0 Å². The number of amides is 3. The first-order chi connectivity index (χ1) is 11.1. The SMILES string of the molecule is O=C1CCC(C(=O)Nc2ccc(N3CCOCC3=O)cc2)=NN1. The summed E-state index contributed by atoms with van der Waals surface area (Å²) in [5.74, 6) is -0.624. The van der Waals surface area contributed by atoms with Gasteiger partial charge in [-0.2, -0.15) is 5.10 Å². The third-order valence-electron chi connectivity index (χ3n) is 3.59. The van der Waals surface area contributed by atoms with E-state index in [2.05, 4.69) is 15.8 Å². The summed E-state index contributed by atoms with van der Waals surface area (Å²) in [4.78, 5) is 36.5. The van der Waals surface area contributed by atoms with Crippen molar-refractivity contribution in [3.63, 3.8) is 0 Å². The Hall–Kier alpha value is -2.74. The van der Waals surface area contributed by atoms with Crippen LogP contribution >= 0.6 is 0 Å². The van der Waals surface area contributed by atoms with Gasteiger partial charge in [0.1, 0.15) is 12.3 Å². The van der Waals surface area contributed by atoms with Gasteiger partial charge in [0.2, 0.25) is 5.91 Å². The van der Waals surface area contributed by atoms with Crippen LogP contribution in [0, 0.1) is 0 Å². The Bertz CT molecular complexity index is 669. The van der Waals surface area contributed by atoms with Crippen molar-refractivity contribution < 1.29 is 19.1 Å². The third kappa shape index (κ3) is 3.54. The van der Waals surface area contributed by atoms with Crippen LogP contribution in [0.25, 0.3) is 0 Å². The summed E-state index contributed by atoms with van der Waals surface area (Å²) < 4.78 is 5.09. The van der Waals surface area contributed by atoms with Crippen molar-refractivity contribution in [1.82, 2.24) is 5.43 Å². The van der Waals surface area contributed by atoms with Crippen LogP contribution in [0.5, 0.6) is 0 Å². The third-order valence-corrected chi connectivity index (χ3v) is 3.59. The molecule has 23 heavy (non-hydrogen) atoms. The zero-order valence-electron chi connectivity index (χ0n) is 12.4. The molecule has 3 amide bonds. The first-order valence-electron chi connectivity index (χ1n) is 7.28. The number of hydrogen-bond donors (Lipinski definition) is 2. The quantitative estimate of drug-likeness (QED) is 0.835. The van der Waals surface area contributed by atoms with E-state index in [0.29, 0.717) is 25.3 Å². The Balaban J connectivity index is 1.64. The molecule has 8 nitrogen and oxygen atoms in total. The molecule has 1 saturated heterocycles. The fourth-order valence-electron chi connectivity index (χ4n) is 2.36. The minimum absolute atomic E-state index is 0.0830. The molecular formula is C15H16N4O4. The highest BCUT2D eigenvalue weighted by Crippen LogP contribution is 2.19. The molecule has 8 heteroatoms. The second kappa shape index (κ2) is 6.57. The lowest BCUT2D eigenvalue weighted by Crippen LogP contribution is -2.41. The summed E-state index contributed by atoms with van der Waals surface area (Å²) in [7, 11) is 0. The summed E-state index contributed by atoms with van der Waals surface area (Å²) in [6.07, 6.45) is 0.572. The summed E-state index contributed by atoms with van der Waals surface area (Å²) in [6, 6.07) is 6.97. The zero-order valence-corrected chi connectivity index (χ0v) is 12.4. The lowest BCUT2D eigenvalue weighted by Gasteiger charge is -2.26. The Morgan fingerprint density at radius 1 is 1.22 bits per heavy atom. The molecule has 0 spiro atoms. The smallest absolute Gasteiger partial charge is 0.271 e. The summed E-state index contributed by atoms with van der Waals surface area (Å²) in [5, 5.41) is 6.46. The van der Waals surface area contributed by atoms with Crippen molar-refractivity contribution in [3.8, 4) is 0 Å². The molecule has 0 aromatic heterocycles. The topological polar surface area (TPSA) is 100 Å². The maximum absolute atomic E-state index is 12.0. The Kier molecular flexibility index (Phi) is 4.33. The highest BCUT2D eigenvalue weighted by atomic mass is 16.5. The number of carbonyl (C=O) groups excluding carboxylic acids is 3. The van der Waals surface area contributed by atoms with Gasteiger partial charge in [-0.05, 0) is 24.3 Å². The molecule has 1 aromatic carbocycles. The van der Waals surface area contributed by atoms with E-state index >= 15 is 0 Å². The molecule has 120 valence electrons. The van der Waals surface area contributed by atoms with Crippen molar-refractivity contribution in [2.24, 2.45) is 5.10 Å². The maximum Gasteiger partial charge on any atom is 0.271 e. The monoisotopic (exact) mass is 316 g/mol. The van der Waals surface area contributed by atoms with Crippen molar-refractivity contribution in [2.45, 2.75) is 12.8 Å². The fourth-order valence-corrected chi connectivity index (χ4v) is 2.36. The standard InChI is InChI=1S/C15H16N4O4/c20-13-6-5-12(17-18-13)15(22)16-10-1-3-11(4-2-10)19-7-8-23-9-14(19)21/h1-4H,5-9H2,(H,16,22)(H,18,20). The number of nitrogens with one attached hydrogen (secondary N) is 2. The molecule has 0 bridgehead atoms. The van der Waals surface area contributed by atoms with E-state index in [1.54, 1.807) is 29.2 Å². The van der Waals surface area contributed by atoms with Crippen LogP contribution in [-0.4, -0.2) is 43.2 Å². The number of nitrogens with zero attached hydrogens (tertiary/aromatic N) is 2. The van der Waals surface area contributed by atoms with Gasteiger partial charge in [0.25, 0.3) is 11.8 Å². The van der Waals surface area contributed by atoms with Gasteiger partial charge in [-0.1, -0.05) is 0 Å². The molecule has 1 aromatic rings. The van der Waals surface area contributed by atoms with Crippen molar-refractivity contribution >= 4 is 34.8 Å². The predicted molar refractivity (Wildman–Crippen MR) is 83.1 cm³/mol. The number of rotatable bonds is 3. The van der Waals surface area contributed by atoms with Gasteiger partial charge in [-0.3, -0.25) is 14.4 Å². The van der Waals surface area contributed by atoms with E-state index in [4.69, 9.17) is 4.74 Å². The number of carbonyl (C=O) groups is 3. The van der Waals surface area contributed by atoms with Gasteiger partial charge in [-0.15, -0.1) is 0 Å². The van der Waals surface area contributed by atoms with E-state index in [1.807, 2.05) is 0 Å². The lowest BCUT2D eigenvalue weighted by molar-refractivity contribution is -0.125. The van der Waals surface area contributed by atoms with E-state index in [-0.39, 0.29) is 36.5 Å². The van der Waals surface area contributed by atoms with Crippen molar-refractivity contribution in [2.75, 3.05) is 30.0 Å². The highest BCUT2D eigenvalue weighted by Gasteiger charge is 2.21. The molecule has 2 N–H and O–H groups in total. The highest BCUT2D eigenvalue weighted by molar-refractivity contribution is 6.43. The molecule has 2 aliphatic rings. The van der Waals surface area contributed by atoms with Crippen LogP contribution in [0.1, 0.15) is 12.8 Å². The predicted octanol–water partition coefficient (Wildman–Crippen LogP) is 0.254. The molecule has 0 aliphatic carbocycles. The Morgan fingerprint density at radius 2 is 2.00 bits per heavy atom. The van der Waals surface area contributed by atoms with Gasteiger partial charge in [0, 0.05) is 30.8 Å². The Morgan fingerprint density at radius 3 is 2.65 bits per heavy atom. The first-order valence-corrected chi connectivity index (χ1v) is 7.28. The first kappa shape index (κ1) is 15.2. The number of anilines is 2. The van der Waals surface area contributed by atoms with Crippen LogP contribution in [0.3, 0.4) is 0 Å². The lowest BCUT2D eigenvalue weighted by atomic mass is 10.1. The van der Waals surface area contributed by atoms with E-state index in [1.165, 1.54) is 0 Å². The van der Waals surface area contributed by atoms with E-state index < -0.39 is 0 Å². The molecule has 2 heterocycles. The second-order valence-electron chi connectivity index (χ2n) is 5.19. The molecule has 3 rings (SSSR count). The van der Waals surface area contributed by atoms with Crippen LogP contribution in [0.4, 0.5) is 11.4 Å². The molecular weight excluding hydrogens is 300 g/mol. The van der Waals surface area contributed by atoms with Gasteiger partial charge in [-0.25, -0.2) is 5.43 Å². The van der Waals surface area contributed by atoms with Crippen LogP contribution < -0.4 is 15.6 Å². The van der Waals surface area contributed by atoms with Gasteiger partial charge in [0.05, 0.1) is 6.61 Å². The zero-order chi connectivity index (χ0) is 16.2. The molecule has 1 fully saturated rings. The van der Waals surface area contributed by atoms with E-state index in [9.17, 15) is 14.4 Å². The molecule has 0 unspecified atom stereocenters. The van der Waals surface area contributed by atoms with Gasteiger partial charge in [0.15, 0.2) is 0 Å². The molecule has 0 radical (unpaired) electrons. The molecule has 2 aliphatic heterocycles. The van der Waals surface area contributed by atoms with Crippen molar-refractivity contribution in [3.05, 3.63) is 24.3 Å². The number of hydrazone groups is 1. The van der Waals surface area contributed by atoms with Crippen LogP contribution in [-0.2, 0) is 19.1 Å². The van der Waals surface area contributed by atoms with Crippen molar-refractivity contribution in [1.29, 1.82) is 0 Å². The largest absolute Gasteiger partial charge is 0.370 e. The molecule has 0 atom stereocenters. The number of benzene rings is 1. The minimum atomic E-state index is -0.347. The average Bonchev–Trinajstić information content (AvgIpc) is 2.57. The Labute approximate surface area is 132 Å². The van der Waals surface area contributed by atoms with Gasteiger partial charge < -0.3 is 15.0 Å². The number of morpholine rings is 1. The molecule has 0 saturated carbocycles. The second-order valence-corrected chi connectivity index (χ2v) is 5.19. The summed E-state index contributed by atoms with van der Waals surface area (Å²) >= 11 is 0. The fraction of sp³-hybridized carbons (Fsp3) is 0.333. The average molecular weight is 316 g/mol. The van der Waals surface area contributed by atoms with E-state index in [0.717, 1.165) is 5.69 Å². The maximum atomic E-state index is 12.0.